The summed E-state index contributed by atoms with van der Waals surface area (Å²) in [4.78, 5) is 16.2. The van der Waals surface area contributed by atoms with Gasteiger partial charge in [0.2, 0.25) is 0 Å². The summed E-state index contributed by atoms with van der Waals surface area (Å²) in [6.45, 7) is 6.65. The van der Waals surface area contributed by atoms with Crippen molar-refractivity contribution in [3.63, 3.8) is 0 Å². The summed E-state index contributed by atoms with van der Waals surface area (Å²) in [5.74, 6) is 1.33. The van der Waals surface area contributed by atoms with Crippen molar-refractivity contribution in [2.24, 2.45) is 0 Å². The van der Waals surface area contributed by atoms with Crippen LogP contribution in [0.3, 0.4) is 0 Å². The quantitative estimate of drug-likeness (QED) is 0.817. The van der Waals surface area contributed by atoms with Crippen LogP contribution >= 0.6 is 0 Å². The molecule has 1 aromatic carbocycles. The van der Waals surface area contributed by atoms with Crippen molar-refractivity contribution >= 4 is 17.4 Å². The largest absolute Gasteiger partial charge is 0.489 e. The Labute approximate surface area is 137 Å². The number of rotatable bonds is 7. The number of nitrogens with zero attached hydrogens (tertiary/aromatic N) is 1. The molecule has 0 radical (unpaired) electrons. The van der Waals surface area contributed by atoms with E-state index in [9.17, 15) is 4.79 Å². The minimum absolute atomic E-state index is 0.0931. The highest BCUT2D eigenvalue weighted by Gasteiger charge is 2.08. The highest BCUT2D eigenvalue weighted by atomic mass is 16.5. The zero-order valence-electron chi connectivity index (χ0n) is 13.8. The van der Waals surface area contributed by atoms with Crippen LogP contribution < -0.4 is 15.4 Å². The number of hydrogen-bond donors (Lipinski definition) is 2. The third-order valence-electron chi connectivity index (χ3n) is 3.07. The predicted octanol–water partition coefficient (Wildman–Crippen LogP) is 3.75. The van der Waals surface area contributed by atoms with Gasteiger partial charge in [0.15, 0.2) is 0 Å². The maximum atomic E-state index is 11.9. The Balaban J connectivity index is 2.08. The molecule has 2 rings (SSSR count). The summed E-state index contributed by atoms with van der Waals surface area (Å²) in [6, 6.07) is 11.2. The Morgan fingerprint density at radius 1 is 1.22 bits per heavy atom. The molecule has 0 saturated heterocycles. The van der Waals surface area contributed by atoms with Crippen LogP contribution in [0.1, 0.15) is 37.6 Å². The number of aromatic nitrogens is 1. The van der Waals surface area contributed by atoms with Gasteiger partial charge >= 0.3 is 0 Å². The number of pyridine rings is 1. The van der Waals surface area contributed by atoms with Crippen LogP contribution in [0.25, 0.3) is 0 Å². The highest BCUT2D eigenvalue weighted by molar-refractivity contribution is 5.94. The van der Waals surface area contributed by atoms with E-state index in [1.54, 1.807) is 18.3 Å². The number of benzene rings is 1. The minimum atomic E-state index is -0.102. The number of para-hydroxylation sites is 2. The number of carbonyl (C=O) groups excluding carboxylic acids is 1. The second kappa shape index (κ2) is 8.17. The molecule has 2 N–H and O–H groups in total. The molecule has 0 aliphatic rings. The van der Waals surface area contributed by atoms with Crippen LogP contribution in [0.5, 0.6) is 5.75 Å². The SMILES string of the molecule is CCCNC(=O)c1ccc(Nc2ccccc2OC(C)C)nc1. The molecule has 0 atom stereocenters. The molecule has 23 heavy (non-hydrogen) atoms. The van der Waals surface area contributed by atoms with Crippen LogP contribution in [0, 0.1) is 0 Å². The molecule has 1 amide bonds. The van der Waals surface area contributed by atoms with E-state index in [0.29, 0.717) is 17.9 Å². The zero-order valence-corrected chi connectivity index (χ0v) is 13.8. The van der Waals surface area contributed by atoms with Gasteiger partial charge in [-0.1, -0.05) is 19.1 Å². The van der Waals surface area contributed by atoms with Crippen molar-refractivity contribution in [2.45, 2.75) is 33.3 Å². The van der Waals surface area contributed by atoms with Gasteiger partial charge in [-0.05, 0) is 44.5 Å². The summed E-state index contributed by atoms with van der Waals surface area (Å²) < 4.78 is 5.77. The monoisotopic (exact) mass is 313 g/mol. The van der Waals surface area contributed by atoms with Crippen molar-refractivity contribution < 1.29 is 9.53 Å². The lowest BCUT2D eigenvalue weighted by atomic mass is 10.2. The molecule has 0 aliphatic carbocycles. The molecule has 1 heterocycles. The summed E-state index contributed by atoms with van der Waals surface area (Å²) in [6.07, 6.45) is 2.57. The lowest BCUT2D eigenvalue weighted by molar-refractivity contribution is 0.0953. The summed E-state index contributed by atoms with van der Waals surface area (Å²) in [7, 11) is 0. The average Bonchev–Trinajstić information content (AvgIpc) is 2.54. The zero-order chi connectivity index (χ0) is 16.7. The predicted molar refractivity (Wildman–Crippen MR) is 92.3 cm³/mol. The van der Waals surface area contributed by atoms with Crippen molar-refractivity contribution in [2.75, 3.05) is 11.9 Å². The van der Waals surface area contributed by atoms with E-state index in [4.69, 9.17) is 4.74 Å². The standard InChI is InChI=1S/C18H23N3O2/c1-4-11-19-18(22)14-9-10-17(20-12-14)21-15-7-5-6-8-16(15)23-13(2)3/h5-10,12-13H,4,11H2,1-3H3,(H,19,22)(H,20,21). The molecule has 5 nitrogen and oxygen atoms in total. The first-order valence-corrected chi connectivity index (χ1v) is 7.87. The van der Waals surface area contributed by atoms with Crippen molar-refractivity contribution in [3.8, 4) is 5.75 Å². The highest BCUT2D eigenvalue weighted by Crippen LogP contribution is 2.27. The molecular formula is C18H23N3O2. The maximum absolute atomic E-state index is 11.9. The molecule has 2 aromatic rings. The van der Waals surface area contributed by atoms with Gasteiger partial charge in [0, 0.05) is 12.7 Å². The fourth-order valence-corrected chi connectivity index (χ4v) is 2.01. The number of amides is 1. The van der Waals surface area contributed by atoms with E-state index in [2.05, 4.69) is 15.6 Å². The molecule has 0 spiro atoms. The van der Waals surface area contributed by atoms with E-state index in [-0.39, 0.29) is 12.0 Å². The average molecular weight is 313 g/mol. The lowest BCUT2D eigenvalue weighted by Gasteiger charge is -2.15. The smallest absolute Gasteiger partial charge is 0.252 e. The molecule has 0 unspecified atom stereocenters. The number of anilines is 2. The molecular weight excluding hydrogens is 290 g/mol. The van der Waals surface area contributed by atoms with Gasteiger partial charge < -0.3 is 15.4 Å². The van der Waals surface area contributed by atoms with Gasteiger partial charge in [-0.2, -0.15) is 0 Å². The molecule has 122 valence electrons. The van der Waals surface area contributed by atoms with Crippen LogP contribution in [0.2, 0.25) is 0 Å². The first-order valence-electron chi connectivity index (χ1n) is 7.87. The summed E-state index contributed by atoms with van der Waals surface area (Å²) in [5, 5.41) is 6.05. The van der Waals surface area contributed by atoms with E-state index in [0.717, 1.165) is 17.9 Å². The minimum Gasteiger partial charge on any atom is -0.489 e. The number of carbonyl (C=O) groups is 1. The lowest BCUT2D eigenvalue weighted by Crippen LogP contribution is -2.24. The Hall–Kier alpha value is -2.56. The van der Waals surface area contributed by atoms with E-state index < -0.39 is 0 Å². The second-order valence-corrected chi connectivity index (χ2v) is 5.48. The molecule has 0 fully saturated rings. The van der Waals surface area contributed by atoms with Gasteiger partial charge in [-0.3, -0.25) is 4.79 Å². The molecule has 1 aromatic heterocycles. The van der Waals surface area contributed by atoms with Gasteiger partial charge in [0.1, 0.15) is 11.6 Å². The third-order valence-corrected chi connectivity index (χ3v) is 3.07. The van der Waals surface area contributed by atoms with Crippen LogP contribution in [0.15, 0.2) is 42.6 Å². The first-order chi connectivity index (χ1) is 11.1. The number of hydrogen-bond acceptors (Lipinski definition) is 4. The van der Waals surface area contributed by atoms with Gasteiger partial charge in [-0.15, -0.1) is 0 Å². The number of nitrogens with one attached hydrogen (secondary N) is 2. The normalized spacial score (nSPS) is 10.4. The van der Waals surface area contributed by atoms with Gasteiger partial charge in [0.05, 0.1) is 17.4 Å². The van der Waals surface area contributed by atoms with Crippen LogP contribution in [-0.2, 0) is 0 Å². The Bertz CT molecular complexity index is 639. The Morgan fingerprint density at radius 2 is 2.00 bits per heavy atom. The first kappa shape index (κ1) is 16.8. The van der Waals surface area contributed by atoms with E-state index >= 15 is 0 Å². The topological polar surface area (TPSA) is 63.2 Å². The van der Waals surface area contributed by atoms with E-state index in [1.165, 1.54) is 0 Å². The fraction of sp³-hybridized carbons (Fsp3) is 0.333. The molecule has 0 saturated carbocycles. The fourth-order valence-electron chi connectivity index (χ4n) is 2.01. The van der Waals surface area contributed by atoms with Crippen LogP contribution in [-0.4, -0.2) is 23.5 Å². The van der Waals surface area contributed by atoms with Gasteiger partial charge in [-0.25, -0.2) is 4.98 Å². The van der Waals surface area contributed by atoms with Crippen molar-refractivity contribution in [3.05, 3.63) is 48.2 Å². The van der Waals surface area contributed by atoms with Gasteiger partial charge in [0.25, 0.3) is 5.91 Å². The molecule has 5 heteroatoms. The molecule has 0 bridgehead atoms. The molecule has 0 aliphatic heterocycles. The third kappa shape index (κ3) is 4.98. The Morgan fingerprint density at radius 3 is 2.65 bits per heavy atom. The second-order valence-electron chi connectivity index (χ2n) is 5.48. The summed E-state index contributed by atoms with van der Waals surface area (Å²) in [5.41, 5.74) is 1.40. The number of ether oxygens (including phenoxy) is 1. The maximum Gasteiger partial charge on any atom is 0.252 e. The summed E-state index contributed by atoms with van der Waals surface area (Å²) >= 11 is 0. The van der Waals surface area contributed by atoms with E-state index in [1.807, 2.05) is 45.0 Å². The van der Waals surface area contributed by atoms with Crippen molar-refractivity contribution in [1.82, 2.24) is 10.3 Å². The van der Waals surface area contributed by atoms with Crippen molar-refractivity contribution in [1.29, 1.82) is 0 Å². The van der Waals surface area contributed by atoms with Crippen LogP contribution in [0.4, 0.5) is 11.5 Å². The Kier molecular flexibility index (Phi) is 5.97.